The predicted molar refractivity (Wildman–Crippen MR) is 132 cm³/mol. The third-order valence-electron chi connectivity index (χ3n) is 5.13. The number of phenolic OH excluding ortho intramolecular Hbond substituents is 1. The maximum atomic E-state index is 12.4. The van der Waals surface area contributed by atoms with Crippen LogP contribution in [0, 0.1) is 0 Å². The lowest BCUT2D eigenvalue weighted by molar-refractivity contribution is 0.257. The average molecular weight is 504 g/mol. The molecule has 1 atom stereocenters. The van der Waals surface area contributed by atoms with Crippen LogP contribution in [0.3, 0.4) is 0 Å². The summed E-state index contributed by atoms with van der Waals surface area (Å²) in [5.74, 6) is 0.138. The Morgan fingerprint density at radius 3 is 2.47 bits per heavy atom. The van der Waals surface area contributed by atoms with Crippen molar-refractivity contribution in [1.29, 1.82) is 0 Å². The van der Waals surface area contributed by atoms with Gasteiger partial charge in [-0.15, -0.1) is 0 Å². The van der Waals surface area contributed by atoms with Gasteiger partial charge in [-0.1, -0.05) is 76.6 Å². The molecule has 1 amide bonds. The molecule has 3 aromatic carbocycles. The zero-order chi connectivity index (χ0) is 22.1. The maximum absolute atomic E-state index is 12.4. The summed E-state index contributed by atoms with van der Waals surface area (Å²) in [6, 6.07) is 26.9. The largest absolute Gasteiger partial charge is 0.507 e. The first-order valence-electron chi connectivity index (χ1n) is 9.97. The number of amides is 1. The van der Waals surface area contributed by atoms with E-state index >= 15 is 0 Å². The molecule has 7 heteroatoms. The van der Waals surface area contributed by atoms with Crippen LogP contribution in [0.5, 0.6) is 5.75 Å². The van der Waals surface area contributed by atoms with Crippen molar-refractivity contribution in [3.8, 4) is 28.3 Å². The number of phenols is 1. The third-order valence-corrected chi connectivity index (χ3v) is 6.50. The molecule has 5 nitrogen and oxygen atoms in total. The number of nitrogens with zero attached hydrogens (tertiary/aromatic N) is 2. The highest BCUT2D eigenvalue weighted by atomic mass is 79.9. The van der Waals surface area contributed by atoms with Crippen LogP contribution in [0.1, 0.15) is 11.7 Å². The van der Waals surface area contributed by atoms with Gasteiger partial charge in [0, 0.05) is 20.5 Å². The molecule has 0 aliphatic carbocycles. The number of benzene rings is 3. The molecule has 0 spiro atoms. The standard InChI is InChI=1S/C25H18BrN3O2S/c26-18-11-12-22(30)19(14-18)21-15-20(17-9-5-2-6-10-17)28-29(21)24-23(32-25(31)27-24)13-16-7-3-1-4-8-16/h1-15,24,30H,(H,27,31)/b23-13-. The van der Waals surface area contributed by atoms with Gasteiger partial charge in [-0.25, -0.2) is 4.68 Å². The summed E-state index contributed by atoms with van der Waals surface area (Å²) in [6.07, 6.45) is 1.50. The summed E-state index contributed by atoms with van der Waals surface area (Å²) in [7, 11) is 0. The monoisotopic (exact) mass is 503 g/mol. The molecule has 2 N–H and O–H groups in total. The van der Waals surface area contributed by atoms with Gasteiger partial charge >= 0.3 is 0 Å². The molecule has 1 unspecified atom stereocenters. The van der Waals surface area contributed by atoms with Crippen molar-refractivity contribution in [2.45, 2.75) is 6.17 Å². The van der Waals surface area contributed by atoms with Gasteiger partial charge in [0.15, 0.2) is 6.17 Å². The highest BCUT2D eigenvalue weighted by molar-refractivity contribution is 9.10. The fourth-order valence-electron chi connectivity index (χ4n) is 3.63. The number of halogens is 1. The van der Waals surface area contributed by atoms with E-state index < -0.39 is 6.17 Å². The van der Waals surface area contributed by atoms with Crippen molar-refractivity contribution in [3.05, 3.63) is 99.9 Å². The second-order valence-electron chi connectivity index (χ2n) is 7.28. The molecular formula is C25H18BrN3O2S. The number of aromatic hydroxyl groups is 1. The Hall–Kier alpha value is -3.29. The molecular weight excluding hydrogens is 486 g/mol. The van der Waals surface area contributed by atoms with Crippen molar-refractivity contribution in [2.24, 2.45) is 0 Å². The van der Waals surface area contributed by atoms with Crippen molar-refractivity contribution < 1.29 is 9.90 Å². The number of aromatic nitrogens is 2. The number of hydrogen-bond acceptors (Lipinski definition) is 4. The van der Waals surface area contributed by atoms with Crippen LogP contribution in [0.15, 0.2) is 94.3 Å². The van der Waals surface area contributed by atoms with E-state index in [2.05, 4.69) is 21.2 Å². The minimum atomic E-state index is -0.487. The normalized spacial score (nSPS) is 17.0. The Bertz CT molecular complexity index is 1320. The van der Waals surface area contributed by atoms with Crippen LogP contribution in [0.2, 0.25) is 0 Å². The number of carbonyl (C=O) groups is 1. The van der Waals surface area contributed by atoms with Crippen molar-refractivity contribution in [2.75, 3.05) is 0 Å². The first-order valence-corrected chi connectivity index (χ1v) is 11.6. The van der Waals surface area contributed by atoms with Gasteiger partial charge < -0.3 is 10.4 Å². The highest BCUT2D eigenvalue weighted by Crippen LogP contribution is 2.41. The lowest BCUT2D eigenvalue weighted by Crippen LogP contribution is -2.25. The maximum Gasteiger partial charge on any atom is 0.285 e. The molecule has 1 saturated heterocycles. The Labute approximate surface area is 197 Å². The minimum absolute atomic E-state index is 0.138. The van der Waals surface area contributed by atoms with E-state index in [1.807, 2.05) is 78.9 Å². The quantitative estimate of drug-likeness (QED) is 0.325. The molecule has 158 valence electrons. The predicted octanol–water partition coefficient (Wildman–Crippen LogP) is 6.68. The number of carbonyl (C=O) groups excluding carboxylic acids is 1. The Kier molecular flexibility index (Phi) is 5.59. The van der Waals surface area contributed by atoms with Crippen LogP contribution in [0.25, 0.3) is 28.6 Å². The molecule has 0 radical (unpaired) electrons. The lowest BCUT2D eigenvalue weighted by Gasteiger charge is -2.16. The first kappa shape index (κ1) is 20.6. The average Bonchev–Trinajstić information content (AvgIpc) is 3.40. The van der Waals surface area contributed by atoms with E-state index in [0.717, 1.165) is 38.0 Å². The molecule has 1 fully saturated rings. The zero-order valence-corrected chi connectivity index (χ0v) is 19.2. The van der Waals surface area contributed by atoms with Crippen molar-refractivity contribution in [3.63, 3.8) is 0 Å². The molecule has 4 aromatic rings. The van der Waals surface area contributed by atoms with Crippen LogP contribution in [-0.4, -0.2) is 20.1 Å². The number of hydrogen-bond donors (Lipinski definition) is 2. The highest BCUT2D eigenvalue weighted by Gasteiger charge is 2.32. The molecule has 1 aliphatic rings. The number of nitrogens with one attached hydrogen (secondary N) is 1. The Morgan fingerprint density at radius 2 is 1.72 bits per heavy atom. The smallest absolute Gasteiger partial charge is 0.285 e. The molecule has 1 aromatic heterocycles. The molecule has 1 aliphatic heterocycles. The van der Waals surface area contributed by atoms with Gasteiger partial charge in [0.05, 0.1) is 11.4 Å². The summed E-state index contributed by atoms with van der Waals surface area (Å²) >= 11 is 4.65. The molecule has 32 heavy (non-hydrogen) atoms. The molecule has 2 heterocycles. The fraction of sp³-hybridized carbons (Fsp3) is 0.0400. The second-order valence-corrected chi connectivity index (χ2v) is 9.24. The fourth-order valence-corrected chi connectivity index (χ4v) is 4.85. The summed E-state index contributed by atoms with van der Waals surface area (Å²) in [6.45, 7) is 0. The molecule has 5 rings (SSSR count). The van der Waals surface area contributed by atoms with Gasteiger partial charge in [0.25, 0.3) is 5.24 Å². The van der Waals surface area contributed by atoms with Crippen molar-refractivity contribution in [1.82, 2.24) is 15.1 Å². The molecule has 0 bridgehead atoms. The lowest BCUT2D eigenvalue weighted by atomic mass is 10.1. The van der Waals surface area contributed by atoms with Gasteiger partial charge in [-0.2, -0.15) is 5.10 Å². The first-order chi connectivity index (χ1) is 15.6. The van der Waals surface area contributed by atoms with Gasteiger partial charge in [-0.3, -0.25) is 4.79 Å². The summed E-state index contributed by atoms with van der Waals surface area (Å²) in [5.41, 5.74) is 4.03. The number of thioether (sulfide) groups is 1. The minimum Gasteiger partial charge on any atom is -0.507 e. The van der Waals surface area contributed by atoms with Crippen LogP contribution in [0.4, 0.5) is 4.79 Å². The van der Waals surface area contributed by atoms with E-state index in [-0.39, 0.29) is 11.0 Å². The van der Waals surface area contributed by atoms with Gasteiger partial charge in [-0.05, 0) is 47.7 Å². The summed E-state index contributed by atoms with van der Waals surface area (Å²) in [4.78, 5) is 13.2. The summed E-state index contributed by atoms with van der Waals surface area (Å²) < 4.78 is 2.61. The van der Waals surface area contributed by atoms with E-state index in [1.165, 1.54) is 0 Å². The number of rotatable bonds is 4. The summed E-state index contributed by atoms with van der Waals surface area (Å²) in [5, 5.41) is 18.3. The van der Waals surface area contributed by atoms with Gasteiger partial charge in [0.1, 0.15) is 5.75 Å². The zero-order valence-electron chi connectivity index (χ0n) is 16.8. The van der Waals surface area contributed by atoms with E-state index in [1.54, 1.807) is 16.8 Å². The van der Waals surface area contributed by atoms with Crippen LogP contribution >= 0.6 is 27.7 Å². The molecule has 0 saturated carbocycles. The van der Waals surface area contributed by atoms with Crippen LogP contribution in [-0.2, 0) is 0 Å². The van der Waals surface area contributed by atoms with E-state index in [4.69, 9.17) is 5.10 Å². The Balaban J connectivity index is 1.68. The SMILES string of the molecule is O=C1NC(n2nc(-c3ccccc3)cc2-c2cc(Br)ccc2O)/C(=C/c2ccccc2)S1. The Morgan fingerprint density at radius 1 is 1.00 bits per heavy atom. The van der Waals surface area contributed by atoms with Crippen molar-refractivity contribution >= 4 is 39.0 Å². The van der Waals surface area contributed by atoms with E-state index in [0.29, 0.717) is 11.3 Å². The van der Waals surface area contributed by atoms with Crippen LogP contribution < -0.4 is 5.32 Å². The van der Waals surface area contributed by atoms with Gasteiger partial charge in [0.2, 0.25) is 0 Å². The topological polar surface area (TPSA) is 67.2 Å². The third kappa shape index (κ3) is 4.09. The van der Waals surface area contributed by atoms with E-state index in [9.17, 15) is 9.90 Å². The second kappa shape index (κ2) is 8.68.